The molecule has 0 unspecified atom stereocenters. The van der Waals surface area contributed by atoms with Gasteiger partial charge in [-0.15, -0.1) is 5.10 Å². The van der Waals surface area contributed by atoms with Crippen LogP contribution in [0.15, 0.2) is 46.7 Å². The average Bonchev–Trinajstić information content (AvgIpc) is 2.46. The van der Waals surface area contributed by atoms with Gasteiger partial charge in [-0.2, -0.15) is 5.10 Å². The van der Waals surface area contributed by atoms with Crippen molar-refractivity contribution in [3.63, 3.8) is 0 Å². The molecule has 0 aliphatic heterocycles. The molecule has 3 N–H and O–H groups in total. The van der Waals surface area contributed by atoms with Crippen LogP contribution in [0.3, 0.4) is 0 Å². The summed E-state index contributed by atoms with van der Waals surface area (Å²) in [6.07, 6.45) is 1.49. The molecule has 2 rings (SSSR count). The zero-order valence-corrected chi connectivity index (χ0v) is 11.4. The van der Waals surface area contributed by atoms with Crippen LogP contribution < -0.4 is 5.73 Å². The molecular formula is C12H11ClN4OS. The van der Waals surface area contributed by atoms with E-state index >= 15 is 0 Å². The molecule has 5 nitrogen and oxygen atoms in total. The lowest BCUT2D eigenvalue weighted by Crippen LogP contribution is -2.15. The minimum absolute atomic E-state index is 0.0107. The van der Waals surface area contributed by atoms with E-state index in [2.05, 4.69) is 15.4 Å². The van der Waals surface area contributed by atoms with Gasteiger partial charge in [0.2, 0.25) is 0 Å². The van der Waals surface area contributed by atoms with Crippen LogP contribution >= 0.6 is 23.4 Å². The van der Waals surface area contributed by atoms with Gasteiger partial charge in [-0.1, -0.05) is 46.7 Å². The predicted octanol–water partition coefficient (Wildman–Crippen LogP) is 2.52. The molecule has 2 aromatic rings. The molecule has 1 aromatic carbocycles. The summed E-state index contributed by atoms with van der Waals surface area (Å²) in [5, 5.41) is 20.8. The van der Waals surface area contributed by atoms with Gasteiger partial charge in [0.25, 0.3) is 0 Å². The Labute approximate surface area is 119 Å². The Morgan fingerprint density at radius 3 is 2.89 bits per heavy atom. The molecule has 0 bridgehead atoms. The number of oxime groups is 1. The van der Waals surface area contributed by atoms with Crippen LogP contribution in [0.4, 0.5) is 0 Å². The SMILES string of the molecule is N/C(=N/O)c1ccnnc1SCc1ccccc1Cl. The van der Waals surface area contributed by atoms with E-state index in [-0.39, 0.29) is 5.84 Å². The van der Waals surface area contributed by atoms with Crippen molar-refractivity contribution in [2.24, 2.45) is 10.9 Å². The fraction of sp³-hybridized carbons (Fsp3) is 0.0833. The highest BCUT2D eigenvalue weighted by molar-refractivity contribution is 7.98. The van der Waals surface area contributed by atoms with Gasteiger partial charge in [0.05, 0.1) is 11.8 Å². The van der Waals surface area contributed by atoms with E-state index in [1.54, 1.807) is 6.07 Å². The molecule has 0 radical (unpaired) electrons. The average molecular weight is 295 g/mol. The van der Waals surface area contributed by atoms with Crippen LogP contribution in [0.5, 0.6) is 0 Å². The summed E-state index contributed by atoms with van der Waals surface area (Å²) in [6, 6.07) is 9.22. The maximum absolute atomic E-state index is 8.73. The Morgan fingerprint density at radius 1 is 1.37 bits per heavy atom. The summed E-state index contributed by atoms with van der Waals surface area (Å²) < 4.78 is 0. The number of hydrogen-bond acceptors (Lipinski definition) is 5. The third-order valence-corrected chi connectivity index (χ3v) is 3.79. The van der Waals surface area contributed by atoms with E-state index in [1.165, 1.54) is 18.0 Å². The summed E-state index contributed by atoms with van der Waals surface area (Å²) in [7, 11) is 0. The topological polar surface area (TPSA) is 84.4 Å². The molecular weight excluding hydrogens is 284 g/mol. The lowest BCUT2D eigenvalue weighted by atomic mass is 10.2. The molecule has 1 heterocycles. The first-order valence-electron chi connectivity index (χ1n) is 5.38. The summed E-state index contributed by atoms with van der Waals surface area (Å²) in [6.45, 7) is 0. The Hall–Kier alpha value is -1.79. The number of aromatic nitrogens is 2. The molecule has 19 heavy (non-hydrogen) atoms. The monoisotopic (exact) mass is 294 g/mol. The highest BCUT2D eigenvalue weighted by Gasteiger charge is 2.10. The summed E-state index contributed by atoms with van der Waals surface area (Å²) >= 11 is 7.51. The van der Waals surface area contributed by atoms with Gasteiger partial charge in [0, 0.05) is 10.8 Å². The first-order valence-corrected chi connectivity index (χ1v) is 6.74. The van der Waals surface area contributed by atoms with Crippen molar-refractivity contribution in [1.29, 1.82) is 0 Å². The molecule has 0 spiro atoms. The minimum Gasteiger partial charge on any atom is -0.409 e. The van der Waals surface area contributed by atoms with Crippen LogP contribution in [0.1, 0.15) is 11.1 Å². The largest absolute Gasteiger partial charge is 0.409 e. The van der Waals surface area contributed by atoms with Crippen molar-refractivity contribution >= 4 is 29.2 Å². The third-order valence-electron chi connectivity index (χ3n) is 2.39. The Kier molecular flexibility index (Phi) is 4.59. The Morgan fingerprint density at radius 2 is 2.16 bits per heavy atom. The van der Waals surface area contributed by atoms with Gasteiger partial charge in [-0.05, 0) is 17.7 Å². The second-order valence-corrected chi connectivity index (χ2v) is 4.99. The Bertz CT molecular complexity index is 606. The maximum Gasteiger partial charge on any atom is 0.172 e. The first-order chi connectivity index (χ1) is 9.22. The number of benzene rings is 1. The van der Waals surface area contributed by atoms with Crippen LogP contribution in [-0.2, 0) is 5.75 Å². The molecule has 1 aromatic heterocycles. The van der Waals surface area contributed by atoms with Gasteiger partial charge < -0.3 is 10.9 Å². The van der Waals surface area contributed by atoms with E-state index in [4.69, 9.17) is 22.5 Å². The van der Waals surface area contributed by atoms with Crippen LogP contribution in [-0.4, -0.2) is 21.2 Å². The molecule has 0 aliphatic carbocycles. The maximum atomic E-state index is 8.73. The predicted molar refractivity (Wildman–Crippen MR) is 75.6 cm³/mol. The highest BCUT2D eigenvalue weighted by Crippen LogP contribution is 2.26. The lowest BCUT2D eigenvalue weighted by molar-refractivity contribution is 0.318. The number of hydrogen-bond donors (Lipinski definition) is 2. The minimum atomic E-state index is 0.0107. The summed E-state index contributed by atoms with van der Waals surface area (Å²) in [5.74, 6) is 0.640. The summed E-state index contributed by atoms with van der Waals surface area (Å²) in [5.41, 5.74) is 7.13. The molecule has 0 saturated carbocycles. The summed E-state index contributed by atoms with van der Waals surface area (Å²) in [4.78, 5) is 0. The zero-order valence-electron chi connectivity index (χ0n) is 9.82. The normalized spacial score (nSPS) is 11.5. The van der Waals surface area contributed by atoms with E-state index in [0.29, 0.717) is 21.4 Å². The second-order valence-electron chi connectivity index (χ2n) is 3.62. The number of nitrogens with two attached hydrogens (primary N) is 1. The van der Waals surface area contributed by atoms with Crippen LogP contribution in [0.25, 0.3) is 0 Å². The van der Waals surface area contributed by atoms with Gasteiger partial charge in [-0.25, -0.2) is 0 Å². The van der Waals surface area contributed by atoms with Crippen molar-refractivity contribution in [3.8, 4) is 0 Å². The fourth-order valence-electron chi connectivity index (χ4n) is 1.44. The van der Waals surface area contributed by atoms with Crippen molar-refractivity contribution in [2.75, 3.05) is 0 Å². The highest BCUT2D eigenvalue weighted by atomic mass is 35.5. The van der Waals surface area contributed by atoms with E-state index in [1.807, 2.05) is 24.3 Å². The zero-order chi connectivity index (χ0) is 13.7. The number of amidine groups is 1. The lowest BCUT2D eigenvalue weighted by Gasteiger charge is -2.06. The second kappa shape index (κ2) is 6.40. The molecule has 0 atom stereocenters. The molecule has 98 valence electrons. The Balaban J connectivity index is 2.19. The smallest absolute Gasteiger partial charge is 0.172 e. The fourth-order valence-corrected chi connectivity index (χ4v) is 2.69. The quantitative estimate of drug-likeness (QED) is 0.298. The third kappa shape index (κ3) is 3.36. The molecule has 0 saturated heterocycles. The van der Waals surface area contributed by atoms with Gasteiger partial charge >= 0.3 is 0 Å². The molecule has 0 amide bonds. The van der Waals surface area contributed by atoms with Crippen molar-refractivity contribution in [1.82, 2.24) is 10.2 Å². The molecule has 0 fully saturated rings. The molecule has 0 aliphatic rings. The molecule has 7 heteroatoms. The van der Waals surface area contributed by atoms with Crippen LogP contribution in [0, 0.1) is 0 Å². The number of halogens is 1. The van der Waals surface area contributed by atoms with Gasteiger partial charge in [0.1, 0.15) is 5.03 Å². The number of rotatable bonds is 4. The van der Waals surface area contributed by atoms with Gasteiger partial charge in [0.15, 0.2) is 5.84 Å². The van der Waals surface area contributed by atoms with Crippen molar-refractivity contribution in [3.05, 3.63) is 52.7 Å². The van der Waals surface area contributed by atoms with E-state index in [9.17, 15) is 0 Å². The van der Waals surface area contributed by atoms with Gasteiger partial charge in [-0.3, -0.25) is 0 Å². The van der Waals surface area contributed by atoms with Crippen molar-refractivity contribution < 1.29 is 5.21 Å². The van der Waals surface area contributed by atoms with E-state index in [0.717, 1.165) is 5.56 Å². The van der Waals surface area contributed by atoms with E-state index < -0.39 is 0 Å². The van der Waals surface area contributed by atoms with Crippen molar-refractivity contribution in [2.45, 2.75) is 10.8 Å². The number of nitrogens with zero attached hydrogens (tertiary/aromatic N) is 3. The first kappa shape index (κ1) is 13.6. The standard InChI is InChI=1S/C12H11ClN4OS/c13-10-4-2-1-3-8(10)7-19-12-9(11(14)17-18)5-6-15-16-12/h1-6,18H,7H2,(H2,14,17). The number of thioether (sulfide) groups is 1. The van der Waals surface area contributed by atoms with Crippen LogP contribution in [0.2, 0.25) is 5.02 Å².